The van der Waals surface area contributed by atoms with Gasteiger partial charge in [0.15, 0.2) is 5.78 Å². The van der Waals surface area contributed by atoms with Crippen LogP contribution in [0.3, 0.4) is 0 Å². The molecule has 13 heavy (non-hydrogen) atoms. The maximum Gasteiger partial charge on any atom is 0.245 e. The molecule has 0 fully saturated rings. The Morgan fingerprint density at radius 3 is 2.38 bits per heavy atom. The van der Waals surface area contributed by atoms with Crippen LogP contribution in [0.4, 0.5) is 0 Å². The van der Waals surface area contributed by atoms with Crippen molar-refractivity contribution in [1.82, 2.24) is 4.90 Å². The summed E-state index contributed by atoms with van der Waals surface area (Å²) in [6, 6.07) is 0. The molecular weight excluding hydrogens is 166 g/mol. The Labute approximate surface area is 78.7 Å². The minimum atomic E-state index is -0.119. The fraction of sp³-hybridized carbons (Fsp3) is 0.400. The summed E-state index contributed by atoms with van der Waals surface area (Å²) in [5.41, 5.74) is 0. The molecule has 0 atom stereocenters. The van der Waals surface area contributed by atoms with Crippen molar-refractivity contribution < 1.29 is 9.59 Å². The second kappa shape index (κ2) is 6.17. The molecule has 0 spiro atoms. The molecule has 1 amide bonds. The molecule has 0 N–H and O–H groups in total. The highest BCUT2D eigenvalue weighted by molar-refractivity contribution is 5.89. The van der Waals surface area contributed by atoms with E-state index in [2.05, 4.69) is 13.2 Å². The van der Waals surface area contributed by atoms with Crippen LogP contribution < -0.4 is 0 Å². The van der Waals surface area contributed by atoms with E-state index in [0.717, 1.165) is 0 Å². The zero-order chi connectivity index (χ0) is 10.3. The summed E-state index contributed by atoms with van der Waals surface area (Å²) in [5.74, 6) is -0.106. The van der Waals surface area contributed by atoms with Gasteiger partial charge in [0.25, 0.3) is 0 Å². The van der Waals surface area contributed by atoms with Gasteiger partial charge in [-0.1, -0.05) is 13.2 Å². The van der Waals surface area contributed by atoms with Gasteiger partial charge in [-0.2, -0.15) is 0 Å². The first-order valence-corrected chi connectivity index (χ1v) is 4.14. The lowest BCUT2D eigenvalue weighted by Gasteiger charge is -2.13. The van der Waals surface area contributed by atoms with Gasteiger partial charge in [-0.05, 0) is 18.6 Å². The largest absolute Gasteiger partial charge is 0.342 e. The first-order chi connectivity index (χ1) is 6.11. The number of likely N-dealkylation sites (N-methyl/N-ethyl adjacent to an activating group) is 1. The molecule has 72 valence electrons. The normalized spacial score (nSPS) is 9.00. The summed E-state index contributed by atoms with van der Waals surface area (Å²) < 4.78 is 0. The zero-order valence-corrected chi connectivity index (χ0v) is 7.95. The highest BCUT2D eigenvalue weighted by atomic mass is 16.2. The van der Waals surface area contributed by atoms with Crippen LogP contribution in [0.2, 0.25) is 0 Å². The summed E-state index contributed by atoms with van der Waals surface area (Å²) in [4.78, 5) is 23.3. The Balaban J connectivity index is 3.64. The molecule has 0 aromatic rings. The van der Waals surface area contributed by atoms with Crippen LogP contribution in [-0.2, 0) is 9.59 Å². The minimum Gasteiger partial charge on any atom is -0.342 e. The van der Waals surface area contributed by atoms with Crippen LogP contribution in [0, 0.1) is 0 Å². The van der Waals surface area contributed by atoms with E-state index in [1.165, 1.54) is 17.1 Å². The van der Waals surface area contributed by atoms with Gasteiger partial charge in [-0.25, -0.2) is 0 Å². The highest BCUT2D eigenvalue weighted by Crippen LogP contribution is 1.95. The highest BCUT2D eigenvalue weighted by Gasteiger charge is 2.03. The molecule has 0 aliphatic heterocycles. The first kappa shape index (κ1) is 11.6. The average Bonchev–Trinajstić information content (AvgIpc) is 2.15. The predicted molar refractivity (Wildman–Crippen MR) is 52.3 cm³/mol. The molecule has 3 heteroatoms. The number of nitrogens with zero attached hydrogens (tertiary/aromatic N) is 1. The Morgan fingerprint density at radius 1 is 1.31 bits per heavy atom. The second-order valence-electron chi connectivity index (χ2n) is 2.74. The molecule has 0 radical (unpaired) electrons. The molecule has 0 rings (SSSR count). The van der Waals surface area contributed by atoms with Gasteiger partial charge in [0, 0.05) is 20.0 Å². The van der Waals surface area contributed by atoms with E-state index in [1.807, 2.05) is 0 Å². The zero-order valence-electron chi connectivity index (χ0n) is 7.95. The van der Waals surface area contributed by atoms with Gasteiger partial charge in [0.05, 0.1) is 0 Å². The topological polar surface area (TPSA) is 37.4 Å². The van der Waals surface area contributed by atoms with E-state index in [1.54, 1.807) is 7.05 Å². The molecule has 0 bridgehead atoms. The maximum atomic E-state index is 11.0. The third-order valence-electron chi connectivity index (χ3n) is 1.70. The molecule has 0 aliphatic rings. The summed E-state index contributed by atoms with van der Waals surface area (Å²) in [6.07, 6.45) is 3.67. The van der Waals surface area contributed by atoms with Gasteiger partial charge in [-0.3, -0.25) is 9.59 Å². The summed E-state index contributed by atoms with van der Waals surface area (Å²) in [7, 11) is 1.68. The van der Waals surface area contributed by atoms with Crippen LogP contribution >= 0.6 is 0 Å². The molecule has 0 heterocycles. The molecule has 0 aliphatic carbocycles. The SMILES string of the molecule is C=CC(=O)CCCN(C)C(=O)C=C. The quantitative estimate of drug-likeness (QED) is 0.577. The number of amides is 1. The number of carbonyl (C=O) groups excluding carboxylic acids is 2. The van der Waals surface area contributed by atoms with Gasteiger partial charge >= 0.3 is 0 Å². The van der Waals surface area contributed by atoms with Crippen LogP contribution in [0.25, 0.3) is 0 Å². The van der Waals surface area contributed by atoms with Crippen LogP contribution in [-0.4, -0.2) is 30.2 Å². The number of ketones is 1. The van der Waals surface area contributed by atoms with Gasteiger partial charge in [0.1, 0.15) is 0 Å². The number of rotatable bonds is 6. The predicted octanol–water partition coefficient (Wildman–Crippen LogP) is 1.17. The number of allylic oxidation sites excluding steroid dienone is 1. The van der Waals surface area contributed by atoms with E-state index in [-0.39, 0.29) is 11.7 Å². The van der Waals surface area contributed by atoms with E-state index in [0.29, 0.717) is 19.4 Å². The molecule has 0 unspecified atom stereocenters. The van der Waals surface area contributed by atoms with Crippen molar-refractivity contribution >= 4 is 11.7 Å². The monoisotopic (exact) mass is 181 g/mol. The first-order valence-electron chi connectivity index (χ1n) is 4.14. The summed E-state index contributed by atoms with van der Waals surface area (Å²) in [5, 5.41) is 0. The van der Waals surface area contributed by atoms with Crippen molar-refractivity contribution in [1.29, 1.82) is 0 Å². The van der Waals surface area contributed by atoms with Crippen molar-refractivity contribution in [3.05, 3.63) is 25.3 Å². The minimum absolute atomic E-state index is 0.0134. The Morgan fingerprint density at radius 2 is 1.92 bits per heavy atom. The van der Waals surface area contributed by atoms with E-state index in [4.69, 9.17) is 0 Å². The molecule has 3 nitrogen and oxygen atoms in total. The van der Waals surface area contributed by atoms with E-state index in [9.17, 15) is 9.59 Å². The van der Waals surface area contributed by atoms with Crippen molar-refractivity contribution in [3.8, 4) is 0 Å². The van der Waals surface area contributed by atoms with Crippen molar-refractivity contribution in [3.63, 3.8) is 0 Å². The fourth-order valence-corrected chi connectivity index (χ4v) is 0.859. The van der Waals surface area contributed by atoms with Crippen LogP contribution in [0.1, 0.15) is 12.8 Å². The summed E-state index contributed by atoms with van der Waals surface area (Å²) >= 11 is 0. The maximum absolute atomic E-state index is 11.0. The number of hydrogen-bond acceptors (Lipinski definition) is 2. The third-order valence-corrected chi connectivity index (χ3v) is 1.70. The molecule has 0 aromatic carbocycles. The van der Waals surface area contributed by atoms with Gasteiger partial charge in [0.2, 0.25) is 5.91 Å². The molecule has 0 saturated heterocycles. The average molecular weight is 181 g/mol. The Kier molecular flexibility index (Phi) is 5.52. The summed E-state index contributed by atoms with van der Waals surface area (Å²) in [6.45, 7) is 7.30. The Bertz CT molecular complexity index is 221. The molecule has 0 aromatic heterocycles. The second-order valence-corrected chi connectivity index (χ2v) is 2.74. The number of hydrogen-bond donors (Lipinski definition) is 0. The molecule has 0 saturated carbocycles. The van der Waals surface area contributed by atoms with Crippen LogP contribution in [0.15, 0.2) is 25.3 Å². The van der Waals surface area contributed by atoms with Gasteiger partial charge < -0.3 is 4.90 Å². The third kappa shape index (κ3) is 4.95. The molecular formula is C10H15NO2. The number of carbonyl (C=O) groups is 2. The van der Waals surface area contributed by atoms with E-state index < -0.39 is 0 Å². The van der Waals surface area contributed by atoms with Crippen molar-refractivity contribution in [2.24, 2.45) is 0 Å². The van der Waals surface area contributed by atoms with Crippen molar-refractivity contribution in [2.45, 2.75) is 12.8 Å². The lowest BCUT2D eigenvalue weighted by atomic mass is 10.2. The Hall–Kier alpha value is -1.38. The standard InChI is InChI=1S/C10H15NO2/c1-4-9(12)7-6-8-11(3)10(13)5-2/h4-5H,1-2,6-8H2,3H3. The van der Waals surface area contributed by atoms with Gasteiger partial charge in [-0.15, -0.1) is 0 Å². The lowest BCUT2D eigenvalue weighted by molar-refractivity contribution is -0.125. The van der Waals surface area contributed by atoms with Crippen molar-refractivity contribution in [2.75, 3.05) is 13.6 Å². The lowest BCUT2D eigenvalue weighted by Crippen LogP contribution is -2.25. The van der Waals surface area contributed by atoms with E-state index >= 15 is 0 Å². The smallest absolute Gasteiger partial charge is 0.245 e. The fourth-order valence-electron chi connectivity index (χ4n) is 0.859. The van der Waals surface area contributed by atoms with Crippen LogP contribution in [0.5, 0.6) is 0 Å².